The van der Waals surface area contributed by atoms with Gasteiger partial charge in [0.1, 0.15) is 11.9 Å². The van der Waals surface area contributed by atoms with Crippen LogP contribution in [0.25, 0.3) is 0 Å². The second-order valence-electron chi connectivity index (χ2n) is 7.79. The van der Waals surface area contributed by atoms with E-state index in [1.165, 1.54) is 17.8 Å². The maximum Gasteiger partial charge on any atom is 0.243 e. The fourth-order valence-corrected chi connectivity index (χ4v) is 4.55. The molecule has 0 aliphatic heterocycles. The minimum atomic E-state index is -0.576. The SMILES string of the molecule is CC[C@@H](C(=O)NC(C)C)N(Cc1cccc(C)c1)C(=O)CSCc1c(F)cccc1Cl. The molecule has 0 spiro atoms. The van der Waals surface area contributed by atoms with E-state index in [0.29, 0.717) is 23.6 Å². The van der Waals surface area contributed by atoms with Crippen molar-refractivity contribution in [1.82, 2.24) is 10.2 Å². The Hall–Kier alpha value is -2.05. The summed E-state index contributed by atoms with van der Waals surface area (Å²) in [4.78, 5) is 27.6. The van der Waals surface area contributed by atoms with Crippen molar-refractivity contribution >= 4 is 35.2 Å². The summed E-state index contributed by atoms with van der Waals surface area (Å²) >= 11 is 7.38. The minimum Gasteiger partial charge on any atom is -0.352 e. The zero-order valence-electron chi connectivity index (χ0n) is 18.5. The van der Waals surface area contributed by atoms with E-state index in [0.717, 1.165) is 11.1 Å². The van der Waals surface area contributed by atoms with Gasteiger partial charge in [0.25, 0.3) is 0 Å². The van der Waals surface area contributed by atoms with Crippen molar-refractivity contribution in [2.24, 2.45) is 0 Å². The molecule has 2 rings (SSSR count). The second kappa shape index (κ2) is 12.1. The number of thioether (sulfide) groups is 1. The molecule has 1 atom stereocenters. The third-order valence-corrected chi connectivity index (χ3v) is 6.08. The Kier molecular flexibility index (Phi) is 9.85. The molecule has 0 bridgehead atoms. The lowest BCUT2D eigenvalue weighted by Gasteiger charge is -2.31. The number of hydrogen-bond acceptors (Lipinski definition) is 3. The van der Waals surface area contributed by atoms with Crippen molar-refractivity contribution in [3.63, 3.8) is 0 Å². The van der Waals surface area contributed by atoms with Crippen LogP contribution < -0.4 is 5.32 Å². The lowest BCUT2D eigenvalue weighted by molar-refractivity contribution is -0.139. The van der Waals surface area contributed by atoms with Crippen molar-refractivity contribution in [3.8, 4) is 0 Å². The number of aryl methyl sites for hydroxylation is 1. The van der Waals surface area contributed by atoms with Gasteiger partial charge in [-0.15, -0.1) is 11.8 Å². The van der Waals surface area contributed by atoms with Gasteiger partial charge in [-0.05, 0) is 44.9 Å². The van der Waals surface area contributed by atoms with E-state index in [4.69, 9.17) is 11.6 Å². The lowest BCUT2D eigenvalue weighted by Crippen LogP contribution is -2.50. The number of carbonyl (C=O) groups excluding carboxylic acids is 2. The molecule has 1 N–H and O–H groups in total. The van der Waals surface area contributed by atoms with Gasteiger partial charge in [-0.2, -0.15) is 0 Å². The summed E-state index contributed by atoms with van der Waals surface area (Å²) in [5.74, 6) is -0.302. The summed E-state index contributed by atoms with van der Waals surface area (Å²) in [6, 6.07) is 11.9. The molecular weight excluding hydrogens is 435 g/mol. The van der Waals surface area contributed by atoms with Gasteiger partial charge >= 0.3 is 0 Å². The van der Waals surface area contributed by atoms with Crippen molar-refractivity contribution in [1.29, 1.82) is 0 Å². The average Bonchev–Trinajstić information content (AvgIpc) is 2.69. The van der Waals surface area contributed by atoms with Crippen LogP contribution in [-0.2, 0) is 21.9 Å². The third kappa shape index (κ3) is 7.54. The summed E-state index contributed by atoms with van der Waals surface area (Å²) in [5, 5.41) is 3.26. The fraction of sp³-hybridized carbons (Fsp3) is 0.417. The number of benzene rings is 2. The number of nitrogens with one attached hydrogen (secondary N) is 1. The lowest BCUT2D eigenvalue weighted by atomic mass is 10.1. The summed E-state index contributed by atoms with van der Waals surface area (Å²) in [6.07, 6.45) is 0.500. The largest absolute Gasteiger partial charge is 0.352 e. The molecule has 2 aromatic carbocycles. The third-order valence-electron chi connectivity index (χ3n) is 4.79. The molecule has 0 aromatic heterocycles. The van der Waals surface area contributed by atoms with Crippen molar-refractivity contribution in [2.75, 3.05) is 5.75 Å². The first kappa shape index (κ1) is 25.2. The van der Waals surface area contributed by atoms with E-state index >= 15 is 0 Å². The highest BCUT2D eigenvalue weighted by atomic mass is 35.5. The number of rotatable bonds is 10. The standard InChI is InChI=1S/C24H30ClFN2O2S/c1-5-22(24(30)27-16(2)3)28(13-18-9-6-8-17(4)12-18)23(29)15-31-14-19-20(25)10-7-11-21(19)26/h6-12,16,22H,5,13-15H2,1-4H3,(H,27,30)/t22-/m0/s1. The van der Waals surface area contributed by atoms with E-state index in [1.54, 1.807) is 17.0 Å². The summed E-state index contributed by atoms with van der Waals surface area (Å²) in [6.45, 7) is 8.02. The Morgan fingerprint density at radius 2 is 1.90 bits per heavy atom. The Bertz CT molecular complexity index is 887. The van der Waals surface area contributed by atoms with Gasteiger partial charge in [-0.1, -0.05) is 54.4 Å². The van der Waals surface area contributed by atoms with Gasteiger partial charge in [0.15, 0.2) is 0 Å². The monoisotopic (exact) mass is 464 g/mol. The topological polar surface area (TPSA) is 49.4 Å². The van der Waals surface area contributed by atoms with Crippen LogP contribution in [0.3, 0.4) is 0 Å². The van der Waals surface area contributed by atoms with Crippen molar-refractivity contribution in [2.45, 2.75) is 58.5 Å². The van der Waals surface area contributed by atoms with E-state index in [1.807, 2.05) is 52.0 Å². The van der Waals surface area contributed by atoms with Crippen LogP contribution in [0.15, 0.2) is 42.5 Å². The van der Waals surface area contributed by atoms with Crippen LogP contribution in [0.2, 0.25) is 5.02 Å². The molecule has 168 valence electrons. The molecule has 2 amide bonds. The maximum absolute atomic E-state index is 14.0. The van der Waals surface area contributed by atoms with E-state index in [-0.39, 0.29) is 35.2 Å². The first-order valence-electron chi connectivity index (χ1n) is 10.4. The van der Waals surface area contributed by atoms with Crippen molar-refractivity contribution < 1.29 is 14.0 Å². The Labute approximate surface area is 193 Å². The molecule has 0 saturated carbocycles. The predicted octanol–water partition coefficient (Wildman–Crippen LogP) is 5.35. The van der Waals surface area contributed by atoms with E-state index < -0.39 is 6.04 Å². The zero-order chi connectivity index (χ0) is 23.0. The molecule has 4 nitrogen and oxygen atoms in total. The average molecular weight is 465 g/mol. The van der Waals surface area contributed by atoms with Crippen molar-refractivity contribution in [3.05, 3.63) is 70.0 Å². The number of hydrogen-bond donors (Lipinski definition) is 1. The smallest absolute Gasteiger partial charge is 0.243 e. The fourth-order valence-electron chi connectivity index (χ4n) is 3.30. The predicted molar refractivity (Wildman–Crippen MR) is 127 cm³/mol. The summed E-state index contributed by atoms with van der Waals surface area (Å²) in [5.41, 5.74) is 2.44. The summed E-state index contributed by atoms with van der Waals surface area (Å²) in [7, 11) is 0. The number of amides is 2. The molecule has 0 unspecified atom stereocenters. The van der Waals surface area contributed by atoms with E-state index in [9.17, 15) is 14.0 Å². The minimum absolute atomic E-state index is 0.0185. The molecular formula is C24H30ClFN2O2S. The normalized spacial score (nSPS) is 12.0. The number of carbonyl (C=O) groups is 2. The first-order chi connectivity index (χ1) is 14.7. The van der Waals surface area contributed by atoms with Crippen LogP contribution in [0.1, 0.15) is 43.9 Å². The second-order valence-corrected chi connectivity index (χ2v) is 9.18. The number of nitrogens with zero attached hydrogens (tertiary/aromatic N) is 1. The van der Waals surface area contributed by atoms with Crippen LogP contribution in [0.4, 0.5) is 4.39 Å². The molecule has 2 aromatic rings. The molecule has 0 fully saturated rings. The van der Waals surface area contributed by atoms with Crippen LogP contribution >= 0.6 is 23.4 Å². The van der Waals surface area contributed by atoms with Gasteiger partial charge in [0.2, 0.25) is 11.8 Å². The quantitative estimate of drug-likeness (QED) is 0.515. The van der Waals surface area contributed by atoms with Gasteiger partial charge < -0.3 is 10.2 Å². The molecule has 0 saturated heterocycles. The Morgan fingerprint density at radius 3 is 2.52 bits per heavy atom. The Morgan fingerprint density at radius 1 is 1.19 bits per heavy atom. The molecule has 0 aliphatic carbocycles. The highest BCUT2D eigenvalue weighted by Crippen LogP contribution is 2.24. The Balaban J connectivity index is 2.17. The van der Waals surface area contributed by atoms with Gasteiger partial charge in [-0.3, -0.25) is 9.59 Å². The maximum atomic E-state index is 14.0. The molecule has 0 aliphatic rings. The van der Waals surface area contributed by atoms with Crippen LogP contribution in [0.5, 0.6) is 0 Å². The highest BCUT2D eigenvalue weighted by Gasteiger charge is 2.29. The number of halogens is 2. The van der Waals surface area contributed by atoms with Gasteiger partial charge in [-0.25, -0.2) is 4.39 Å². The molecule has 0 heterocycles. The van der Waals surface area contributed by atoms with Crippen LogP contribution in [0, 0.1) is 12.7 Å². The molecule has 0 radical (unpaired) electrons. The first-order valence-corrected chi connectivity index (χ1v) is 11.9. The summed E-state index contributed by atoms with van der Waals surface area (Å²) < 4.78 is 14.0. The highest BCUT2D eigenvalue weighted by molar-refractivity contribution is 7.99. The van der Waals surface area contributed by atoms with Gasteiger partial charge in [0, 0.05) is 28.9 Å². The zero-order valence-corrected chi connectivity index (χ0v) is 20.0. The van der Waals surface area contributed by atoms with Crippen LogP contribution in [-0.4, -0.2) is 34.6 Å². The molecule has 31 heavy (non-hydrogen) atoms. The molecule has 7 heteroatoms. The van der Waals surface area contributed by atoms with Gasteiger partial charge in [0.05, 0.1) is 5.75 Å². The van der Waals surface area contributed by atoms with E-state index in [2.05, 4.69) is 5.32 Å².